The molecule has 0 bridgehead atoms. The number of ether oxygens (including phenoxy) is 1. The van der Waals surface area contributed by atoms with Crippen LogP contribution >= 0.6 is 0 Å². The number of carbonyl (C=O) groups is 2. The first-order valence-corrected chi connectivity index (χ1v) is 7.99. The van der Waals surface area contributed by atoms with Crippen LogP contribution in [0, 0.1) is 12.7 Å². The monoisotopic (exact) mass is 354 g/mol. The Kier molecular flexibility index (Phi) is 3.68. The molecule has 2 aromatic carbocycles. The Morgan fingerprint density at radius 1 is 1.08 bits per heavy atom. The van der Waals surface area contributed by atoms with Crippen LogP contribution in [-0.4, -0.2) is 31.0 Å². The Morgan fingerprint density at radius 2 is 1.88 bits per heavy atom. The molecule has 2 atom stereocenters. The number of hydrogen-bond acceptors (Lipinski definition) is 6. The topological polar surface area (TPSA) is 74.6 Å². The number of aryl methyl sites for hydroxylation is 1. The van der Waals surface area contributed by atoms with E-state index in [0.29, 0.717) is 17.0 Å². The van der Waals surface area contributed by atoms with Crippen molar-refractivity contribution in [3.8, 4) is 5.75 Å². The van der Waals surface area contributed by atoms with E-state index in [2.05, 4.69) is 10.3 Å². The molecule has 4 rings (SSSR count). The van der Waals surface area contributed by atoms with Gasteiger partial charge in [0.15, 0.2) is 12.1 Å². The first-order valence-electron chi connectivity index (χ1n) is 7.99. The first kappa shape index (κ1) is 16.2. The summed E-state index contributed by atoms with van der Waals surface area (Å²) in [6.45, 7) is 1.61. The molecule has 0 N–H and O–H groups in total. The lowest BCUT2D eigenvalue weighted by molar-refractivity contribution is -0.121. The van der Waals surface area contributed by atoms with Crippen molar-refractivity contribution in [1.29, 1.82) is 0 Å². The minimum atomic E-state index is -0.946. The van der Waals surface area contributed by atoms with E-state index in [1.165, 1.54) is 24.3 Å². The molecule has 1 saturated heterocycles. The molecule has 2 unspecified atom stereocenters. The SMILES string of the molecule is COc1cccc(N2N=NC3C(=O)N(c4ccc(C)c(F)c4)C(=O)C32)c1. The van der Waals surface area contributed by atoms with Gasteiger partial charge in [-0.2, -0.15) is 5.11 Å². The van der Waals surface area contributed by atoms with Gasteiger partial charge in [-0.25, -0.2) is 14.3 Å². The highest BCUT2D eigenvalue weighted by Gasteiger charge is 2.55. The third-order valence-corrected chi connectivity index (χ3v) is 4.51. The van der Waals surface area contributed by atoms with Crippen molar-refractivity contribution in [2.24, 2.45) is 10.3 Å². The molecule has 8 heteroatoms. The van der Waals surface area contributed by atoms with Crippen LogP contribution in [0.3, 0.4) is 0 Å². The number of amides is 2. The number of imide groups is 1. The molecule has 1 fully saturated rings. The second-order valence-electron chi connectivity index (χ2n) is 6.09. The van der Waals surface area contributed by atoms with E-state index in [9.17, 15) is 14.0 Å². The van der Waals surface area contributed by atoms with Crippen molar-refractivity contribution in [3.05, 3.63) is 53.8 Å². The molecule has 2 aromatic rings. The summed E-state index contributed by atoms with van der Waals surface area (Å²) in [4.78, 5) is 26.6. The number of benzene rings is 2. The van der Waals surface area contributed by atoms with Crippen LogP contribution in [0.4, 0.5) is 15.8 Å². The largest absolute Gasteiger partial charge is 0.497 e. The fraction of sp³-hybridized carbons (Fsp3) is 0.222. The van der Waals surface area contributed by atoms with E-state index < -0.39 is 29.7 Å². The van der Waals surface area contributed by atoms with E-state index in [1.807, 2.05) is 0 Å². The molecule has 2 amide bonds. The lowest BCUT2D eigenvalue weighted by Crippen LogP contribution is -2.39. The van der Waals surface area contributed by atoms with Gasteiger partial charge in [0.1, 0.15) is 11.6 Å². The minimum Gasteiger partial charge on any atom is -0.497 e. The highest BCUT2D eigenvalue weighted by Crippen LogP contribution is 2.36. The predicted molar refractivity (Wildman–Crippen MR) is 91.5 cm³/mol. The molecule has 0 spiro atoms. The van der Waals surface area contributed by atoms with Gasteiger partial charge < -0.3 is 4.74 Å². The summed E-state index contributed by atoms with van der Waals surface area (Å²) in [6, 6.07) is 9.38. The van der Waals surface area contributed by atoms with Gasteiger partial charge in [-0.15, -0.1) is 0 Å². The predicted octanol–water partition coefficient (Wildman–Crippen LogP) is 2.64. The first-order chi connectivity index (χ1) is 12.5. The Balaban J connectivity index is 1.70. The summed E-state index contributed by atoms with van der Waals surface area (Å²) in [7, 11) is 1.53. The molecule has 2 aliphatic rings. The van der Waals surface area contributed by atoms with Crippen molar-refractivity contribution < 1.29 is 18.7 Å². The lowest BCUT2D eigenvalue weighted by Gasteiger charge is -2.21. The average molecular weight is 354 g/mol. The Labute approximate surface area is 148 Å². The molecule has 0 aliphatic carbocycles. The molecule has 0 aromatic heterocycles. The fourth-order valence-electron chi connectivity index (χ4n) is 3.10. The zero-order valence-corrected chi connectivity index (χ0v) is 14.1. The van der Waals surface area contributed by atoms with Crippen LogP contribution in [0.5, 0.6) is 5.75 Å². The van der Waals surface area contributed by atoms with E-state index in [-0.39, 0.29) is 5.69 Å². The molecule has 0 saturated carbocycles. The normalized spacial score (nSPS) is 21.5. The maximum Gasteiger partial charge on any atom is 0.263 e. The molecule has 0 radical (unpaired) electrons. The number of hydrogen-bond donors (Lipinski definition) is 0. The summed E-state index contributed by atoms with van der Waals surface area (Å²) in [5, 5.41) is 9.35. The quantitative estimate of drug-likeness (QED) is 0.794. The lowest BCUT2D eigenvalue weighted by atomic mass is 10.1. The second-order valence-corrected chi connectivity index (χ2v) is 6.09. The smallest absolute Gasteiger partial charge is 0.263 e. The number of carbonyl (C=O) groups excluding carboxylic acids is 2. The van der Waals surface area contributed by atoms with Gasteiger partial charge >= 0.3 is 0 Å². The molecule has 26 heavy (non-hydrogen) atoms. The Hall–Kier alpha value is -3.29. The van der Waals surface area contributed by atoms with E-state index in [1.54, 1.807) is 37.3 Å². The summed E-state index contributed by atoms with van der Waals surface area (Å²) in [5.74, 6) is -0.893. The Morgan fingerprint density at radius 3 is 2.62 bits per heavy atom. The number of rotatable bonds is 3. The van der Waals surface area contributed by atoms with Gasteiger partial charge in [-0.3, -0.25) is 9.59 Å². The van der Waals surface area contributed by atoms with Gasteiger partial charge in [0, 0.05) is 6.07 Å². The van der Waals surface area contributed by atoms with Crippen LogP contribution in [0.1, 0.15) is 5.56 Å². The summed E-state index contributed by atoms with van der Waals surface area (Å²) >= 11 is 0. The number of halogens is 1. The number of nitrogens with zero attached hydrogens (tertiary/aromatic N) is 4. The van der Waals surface area contributed by atoms with Crippen LogP contribution in [0.2, 0.25) is 0 Å². The number of methoxy groups -OCH3 is 1. The summed E-state index contributed by atoms with van der Waals surface area (Å²) in [5.41, 5.74) is 1.21. The van der Waals surface area contributed by atoms with Crippen molar-refractivity contribution in [2.45, 2.75) is 19.0 Å². The zero-order valence-electron chi connectivity index (χ0n) is 14.1. The highest BCUT2D eigenvalue weighted by atomic mass is 19.1. The van der Waals surface area contributed by atoms with Crippen LogP contribution in [0.15, 0.2) is 52.8 Å². The molecule has 2 aliphatic heterocycles. The van der Waals surface area contributed by atoms with Gasteiger partial charge in [0.2, 0.25) is 0 Å². The maximum atomic E-state index is 13.9. The van der Waals surface area contributed by atoms with Gasteiger partial charge in [0.05, 0.1) is 18.5 Å². The fourth-order valence-corrected chi connectivity index (χ4v) is 3.10. The molecular formula is C18H15FN4O3. The average Bonchev–Trinajstić information content (AvgIpc) is 3.18. The van der Waals surface area contributed by atoms with Gasteiger partial charge in [-0.1, -0.05) is 17.4 Å². The van der Waals surface area contributed by atoms with Crippen LogP contribution < -0.4 is 14.6 Å². The van der Waals surface area contributed by atoms with Crippen molar-refractivity contribution in [2.75, 3.05) is 17.0 Å². The standard InChI is InChI=1S/C18H15FN4O3/c1-10-6-7-11(9-14(10)19)22-17(24)15-16(18(22)25)23(21-20-15)12-4-3-5-13(8-12)26-2/h3-9,15-16H,1-2H3. The third kappa shape index (κ3) is 2.33. The van der Waals surface area contributed by atoms with Crippen LogP contribution in [-0.2, 0) is 9.59 Å². The van der Waals surface area contributed by atoms with Crippen LogP contribution in [0.25, 0.3) is 0 Å². The Bertz CT molecular complexity index is 946. The highest BCUT2D eigenvalue weighted by molar-refractivity contribution is 6.26. The van der Waals surface area contributed by atoms with Gasteiger partial charge in [0.25, 0.3) is 11.8 Å². The van der Waals surface area contributed by atoms with Crippen molar-refractivity contribution in [3.63, 3.8) is 0 Å². The summed E-state index contributed by atoms with van der Waals surface area (Å²) in [6.07, 6.45) is 0. The zero-order chi connectivity index (χ0) is 18.4. The van der Waals surface area contributed by atoms with E-state index in [0.717, 1.165) is 4.90 Å². The third-order valence-electron chi connectivity index (χ3n) is 4.51. The maximum absolute atomic E-state index is 13.9. The molecule has 2 heterocycles. The van der Waals surface area contributed by atoms with Gasteiger partial charge in [-0.05, 0) is 36.8 Å². The van der Waals surface area contributed by atoms with E-state index >= 15 is 0 Å². The second kappa shape index (κ2) is 5.91. The van der Waals surface area contributed by atoms with Crippen molar-refractivity contribution >= 4 is 23.2 Å². The molecular weight excluding hydrogens is 339 g/mol. The number of anilines is 2. The molecule has 7 nitrogen and oxygen atoms in total. The van der Waals surface area contributed by atoms with Crippen molar-refractivity contribution in [1.82, 2.24) is 0 Å². The summed E-state index contributed by atoms with van der Waals surface area (Å²) < 4.78 is 19.1. The van der Waals surface area contributed by atoms with E-state index in [4.69, 9.17) is 4.74 Å². The molecule has 132 valence electrons. The number of fused-ring (bicyclic) bond motifs is 1. The minimum absolute atomic E-state index is 0.193.